The van der Waals surface area contributed by atoms with Crippen LogP contribution in [0.15, 0.2) is 54.6 Å². The molecule has 2 aromatic rings. The quantitative estimate of drug-likeness (QED) is 0.786. The largest absolute Gasteiger partial charge is 0.301 e. The standard InChI is InChI=1S/C21H28N2/c1-2-3-13-22-14-16-23(17-15-22)18-20-11-7-8-12-21(20)19-9-5-4-6-10-19/h4-12H,2-3,13-18H2,1H3. The summed E-state index contributed by atoms with van der Waals surface area (Å²) in [4.78, 5) is 5.22. The van der Waals surface area contributed by atoms with Gasteiger partial charge < -0.3 is 4.90 Å². The lowest BCUT2D eigenvalue weighted by Gasteiger charge is -2.35. The maximum Gasteiger partial charge on any atom is 0.0240 e. The Balaban J connectivity index is 1.63. The van der Waals surface area contributed by atoms with E-state index in [1.54, 1.807) is 0 Å². The highest BCUT2D eigenvalue weighted by Crippen LogP contribution is 2.24. The molecule has 0 amide bonds. The Kier molecular flexibility index (Phi) is 5.84. The van der Waals surface area contributed by atoms with Gasteiger partial charge in [0.1, 0.15) is 0 Å². The topological polar surface area (TPSA) is 6.48 Å². The predicted molar refractivity (Wildman–Crippen MR) is 98.5 cm³/mol. The van der Waals surface area contributed by atoms with Crippen molar-refractivity contribution in [3.8, 4) is 11.1 Å². The van der Waals surface area contributed by atoms with Crippen molar-refractivity contribution >= 4 is 0 Å². The van der Waals surface area contributed by atoms with Gasteiger partial charge in [-0.05, 0) is 29.7 Å². The van der Waals surface area contributed by atoms with E-state index in [2.05, 4.69) is 71.3 Å². The van der Waals surface area contributed by atoms with Gasteiger partial charge in [0, 0.05) is 32.7 Å². The van der Waals surface area contributed by atoms with Crippen LogP contribution in [0.1, 0.15) is 25.3 Å². The maximum atomic E-state index is 2.61. The van der Waals surface area contributed by atoms with Crippen molar-refractivity contribution in [3.63, 3.8) is 0 Å². The number of nitrogens with zero attached hydrogens (tertiary/aromatic N) is 2. The molecular formula is C21H28N2. The Hall–Kier alpha value is -1.64. The number of benzene rings is 2. The summed E-state index contributed by atoms with van der Waals surface area (Å²) in [7, 11) is 0. The van der Waals surface area contributed by atoms with Gasteiger partial charge in [0.15, 0.2) is 0 Å². The van der Waals surface area contributed by atoms with E-state index in [9.17, 15) is 0 Å². The van der Waals surface area contributed by atoms with Crippen LogP contribution in [0.5, 0.6) is 0 Å². The minimum absolute atomic E-state index is 1.06. The van der Waals surface area contributed by atoms with E-state index in [1.165, 1.54) is 62.3 Å². The summed E-state index contributed by atoms with van der Waals surface area (Å²) in [6.07, 6.45) is 2.63. The van der Waals surface area contributed by atoms with Crippen molar-refractivity contribution in [2.45, 2.75) is 26.3 Å². The molecule has 2 heteroatoms. The van der Waals surface area contributed by atoms with Gasteiger partial charge in [0.2, 0.25) is 0 Å². The van der Waals surface area contributed by atoms with E-state index >= 15 is 0 Å². The average Bonchev–Trinajstić information content (AvgIpc) is 2.62. The average molecular weight is 308 g/mol. The molecule has 1 saturated heterocycles. The lowest BCUT2D eigenvalue weighted by Crippen LogP contribution is -2.46. The molecule has 0 saturated carbocycles. The fourth-order valence-corrected chi connectivity index (χ4v) is 3.35. The Morgan fingerprint density at radius 1 is 0.783 bits per heavy atom. The first-order valence-electron chi connectivity index (χ1n) is 8.95. The van der Waals surface area contributed by atoms with Gasteiger partial charge in [-0.25, -0.2) is 0 Å². The zero-order valence-electron chi connectivity index (χ0n) is 14.2. The van der Waals surface area contributed by atoms with E-state index in [0.29, 0.717) is 0 Å². The fourth-order valence-electron chi connectivity index (χ4n) is 3.35. The van der Waals surface area contributed by atoms with Gasteiger partial charge in [-0.3, -0.25) is 4.90 Å². The highest BCUT2D eigenvalue weighted by molar-refractivity contribution is 5.67. The molecule has 1 aliphatic heterocycles. The summed E-state index contributed by atoms with van der Waals surface area (Å²) < 4.78 is 0. The first-order valence-corrected chi connectivity index (χ1v) is 8.95. The second-order valence-electron chi connectivity index (χ2n) is 6.49. The van der Waals surface area contributed by atoms with E-state index in [-0.39, 0.29) is 0 Å². The van der Waals surface area contributed by atoms with Gasteiger partial charge in [0.05, 0.1) is 0 Å². The molecule has 2 nitrogen and oxygen atoms in total. The third-order valence-corrected chi connectivity index (χ3v) is 4.79. The van der Waals surface area contributed by atoms with Crippen LogP contribution < -0.4 is 0 Å². The SMILES string of the molecule is CCCCN1CCN(Cc2ccccc2-c2ccccc2)CC1. The van der Waals surface area contributed by atoms with Gasteiger partial charge in [-0.2, -0.15) is 0 Å². The summed E-state index contributed by atoms with van der Waals surface area (Å²) in [6, 6.07) is 19.6. The summed E-state index contributed by atoms with van der Waals surface area (Å²) >= 11 is 0. The Bertz CT molecular complexity index is 586. The number of piperazine rings is 1. The van der Waals surface area contributed by atoms with Gasteiger partial charge in [0.25, 0.3) is 0 Å². The van der Waals surface area contributed by atoms with Crippen LogP contribution in [-0.2, 0) is 6.54 Å². The van der Waals surface area contributed by atoms with E-state index in [1.807, 2.05) is 0 Å². The molecule has 0 bridgehead atoms. The summed E-state index contributed by atoms with van der Waals surface area (Å²) in [6.45, 7) is 9.41. The molecule has 0 spiro atoms. The van der Waals surface area contributed by atoms with E-state index in [4.69, 9.17) is 0 Å². The van der Waals surface area contributed by atoms with Crippen LogP contribution >= 0.6 is 0 Å². The van der Waals surface area contributed by atoms with Crippen molar-refractivity contribution in [3.05, 3.63) is 60.2 Å². The molecule has 0 unspecified atom stereocenters. The second kappa shape index (κ2) is 8.28. The van der Waals surface area contributed by atoms with Gasteiger partial charge in [-0.15, -0.1) is 0 Å². The zero-order valence-corrected chi connectivity index (χ0v) is 14.2. The van der Waals surface area contributed by atoms with Crippen molar-refractivity contribution in [1.29, 1.82) is 0 Å². The van der Waals surface area contributed by atoms with Crippen molar-refractivity contribution < 1.29 is 0 Å². The van der Waals surface area contributed by atoms with E-state index < -0.39 is 0 Å². The molecule has 23 heavy (non-hydrogen) atoms. The predicted octanol–water partition coefficient (Wildman–Crippen LogP) is 4.27. The molecule has 0 radical (unpaired) electrons. The van der Waals surface area contributed by atoms with Gasteiger partial charge >= 0.3 is 0 Å². The first-order chi connectivity index (χ1) is 11.4. The van der Waals surface area contributed by atoms with Crippen LogP contribution in [0, 0.1) is 0 Å². The zero-order chi connectivity index (χ0) is 15.9. The molecule has 3 rings (SSSR count). The summed E-state index contributed by atoms with van der Waals surface area (Å²) in [5, 5.41) is 0. The lowest BCUT2D eigenvalue weighted by molar-refractivity contribution is 0.126. The number of hydrogen-bond donors (Lipinski definition) is 0. The number of rotatable bonds is 6. The van der Waals surface area contributed by atoms with Crippen molar-refractivity contribution in [2.75, 3.05) is 32.7 Å². The normalized spacial score (nSPS) is 16.6. The highest BCUT2D eigenvalue weighted by Gasteiger charge is 2.17. The lowest BCUT2D eigenvalue weighted by atomic mass is 9.99. The summed E-state index contributed by atoms with van der Waals surface area (Å²) in [5.41, 5.74) is 4.15. The Morgan fingerprint density at radius 3 is 2.17 bits per heavy atom. The molecule has 1 fully saturated rings. The third-order valence-electron chi connectivity index (χ3n) is 4.79. The fraction of sp³-hybridized carbons (Fsp3) is 0.429. The van der Waals surface area contributed by atoms with E-state index in [0.717, 1.165) is 6.54 Å². The maximum absolute atomic E-state index is 2.61. The molecule has 0 aliphatic carbocycles. The van der Waals surface area contributed by atoms with Crippen LogP contribution in [0.3, 0.4) is 0 Å². The number of unbranched alkanes of at least 4 members (excludes halogenated alkanes) is 1. The van der Waals surface area contributed by atoms with Crippen LogP contribution in [0.2, 0.25) is 0 Å². The molecule has 2 aromatic carbocycles. The monoisotopic (exact) mass is 308 g/mol. The van der Waals surface area contributed by atoms with Crippen molar-refractivity contribution in [1.82, 2.24) is 9.80 Å². The molecule has 122 valence electrons. The third kappa shape index (κ3) is 4.43. The molecule has 1 aliphatic rings. The molecule has 0 atom stereocenters. The number of hydrogen-bond acceptors (Lipinski definition) is 2. The molecule has 1 heterocycles. The first kappa shape index (κ1) is 16.2. The molecule has 0 aromatic heterocycles. The van der Waals surface area contributed by atoms with Gasteiger partial charge in [-0.1, -0.05) is 67.9 Å². The Labute approximate surface area is 140 Å². The minimum Gasteiger partial charge on any atom is -0.301 e. The van der Waals surface area contributed by atoms with Crippen molar-refractivity contribution in [2.24, 2.45) is 0 Å². The smallest absolute Gasteiger partial charge is 0.0240 e. The minimum atomic E-state index is 1.06. The molecular weight excluding hydrogens is 280 g/mol. The van der Waals surface area contributed by atoms with Crippen LogP contribution in [0.25, 0.3) is 11.1 Å². The van der Waals surface area contributed by atoms with Crippen LogP contribution in [0.4, 0.5) is 0 Å². The Morgan fingerprint density at radius 2 is 1.43 bits per heavy atom. The highest BCUT2D eigenvalue weighted by atomic mass is 15.3. The van der Waals surface area contributed by atoms with Crippen LogP contribution in [-0.4, -0.2) is 42.5 Å². The molecule has 0 N–H and O–H groups in total. The summed E-state index contributed by atoms with van der Waals surface area (Å²) in [5.74, 6) is 0. The second-order valence-corrected chi connectivity index (χ2v) is 6.49.